The predicted octanol–water partition coefficient (Wildman–Crippen LogP) is 2.89. The summed E-state index contributed by atoms with van der Waals surface area (Å²) in [5.41, 5.74) is -2.50. The van der Waals surface area contributed by atoms with Crippen molar-refractivity contribution in [1.29, 1.82) is 0 Å². The molecule has 0 spiro atoms. The van der Waals surface area contributed by atoms with Gasteiger partial charge in [0.05, 0.1) is 15.7 Å². The van der Waals surface area contributed by atoms with E-state index in [-0.39, 0.29) is 10.5 Å². The third-order valence-electron chi connectivity index (χ3n) is 2.89. The normalized spacial score (nSPS) is 39.8. The molecule has 1 heterocycles. The molecule has 1 fully saturated rings. The number of esters is 1. The molecule has 3 heteroatoms. The van der Waals surface area contributed by atoms with Crippen molar-refractivity contribution in [2.45, 2.75) is 32.4 Å². The fraction of sp³-hybridized carbons (Fsp3) is 0.588. The Balaban J connectivity index is 2.74. The van der Waals surface area contributed by atoms with Gasteiger partial charge >= 0.3 is 5.97 Å². The van der Waals surface area contributed by atoms with Crippen molar-refractivity contribution >= 4 is 5.97 Å². The summed E-state index contributed by atoms with van der Waals surface area (Å²) in [6.07, 6.45) is -8.45. The summed E-state index contributed by atoms with van der Waals surface area (Å²) in [6.45, 7) is -13.1. The predicted molar refractivity (Wildman–Crippen MR) is 80.6 cm³/mol. The Hall–Kier alpha value is -1.35. The van der Waals surface area contributed by atoms with Gasteiger partial charge in [0.25, 0.3) is 0 Å². The smallest absolute Gasteiger partial charge is 0.306 e. The van der Waals surface area contributed by atoms with E-state index in [1.54, 1.807) is 6.07 Å². The number of benzene rings is 1. The van der Waals surface area contributed by atoms with Gasteiger partial charge in [-0.3, -0.25) is 4.79 Å². The molecule has 0 radical (unpaired) electrons. The minimum absolute atomic E-state index is 0.257. The second-order valence-corrected chi connectivity index (χ2v) is 4.53. The molecule has 1 aromatic rings. The van der Waals surface area contributed by atoms with E-state index in [0.29, 0.717) is 0 Å². The van der Waals surface area contributed by atoms with Gasteiger partial charge in [-0.05, 0) is 57.0 Å². The van der Waals surface area contributed by atoms with Crippen molar-refractivity contribution in [3.05, 3.63) is 35.9 Å². The molecule has 1 aromatic carbocycles. The van der Waals surface area contributed by atoms with Crippen molar-refractivity contribution in [2.24, 2.45) is 5.41 Å². The van der Waals surface area contributed by atoms with Gasteiger partial charge in [-0.1, -0.05) is 30.3 Å². The van der Waals surface area contributed by atoms with Crippen LogP contribution in [-0.2, 0) is 16.0 Å². The summed E-state index contributed by atoms with van der Waals surface area (Å²) in [5.74, 6) is -1.64. The van der Waals surface area contributed by atoms with Gasteiger partial charge in [0.15, 0.2) is 0 Å². The number of nitrogens with zero attached hydrogens (tertiary/aromatic N) is 1. The van der Waals surface area contributed by atoms with E-state index in [2.05, 4.69) is 4.74 Å². The van der Waals surface area contributed by atoms with Gasteiger partial charge in [-0.15, -0.1) is 0 Å². The van der Waals surface area contributed by atoms with Crippen LogP contribution in [0.1, 0.15) is 49.4 Å². The van der Waals surface area contributed by atoms with E-state index in [4.69, 9.17) is 17.8 Å². The zero-order chi connectivity index (χ0) is 25.9. The Morgan fingerprint density at radius 2 is 2.15 bits per heavy atom. The van der Waals surface area contributed by atoms with Crippen LogP contribution in [0.5, 0.6) is 0 Å². The summed E-state index contributed by atoms with van der Waals surface area (Å²) >= 11 is 0. The highest BCUT2D eigenvalue weighted by Gasteiger charge is 2.36. The molecular formula is C17H25NO2. The maximum absolute atomic E-state index is 12.7. The minimum Gasteiger partial charge on any atom is -0.466 e. The first kappa shape index (κ1) is 5.45. The molecule has 0 atom stereocenters. The molecule has 1 aliphatic heterocycles. The highest BCUT2D eigenvalue weighted by molar-refractivity contribution is 5.70. The highest BCUT2D eigenvalue weighted by Crippen LogP contribution is 2.38. The Morgan fingerprint density at radius 3 is 2.80 bits per heavy atom. The van der Waals surface area contributed by atoms with Crippen molar-refractivity contribution in [2.75, 3.05) is 26.6 Å². The number of hydrogen-bond acceptors (Lipinski definition) is 3. The fourth-order valence-electron chi connectivity index (χ4n) is 1.96. The lowest BCUT2D eigenvalue weighted by atomic mass is 9.71. The maximum atomic E-state index is 12.7. The second kappa shape index (κ2) is 6.89. The molecule has 0 bridgehead atoms. The lowest BCUT2D eigenvalue weighted by Crippen LogP contribution is -2.40. The first-order chi connectivity index (χ1) is 14.6. The quantitative estimate of drug-likeness (QED) is 0.780. The molecule has 0 aliphatic carbocycles. The first-order valence-electron chi connectivity index (χ1n) is 12.6. The van der Waals surface area contributed by atoms with E-state index in [1.165, 1.54) is 24.3 Å². The van der Waals surface area contributed by atoms with E-state index in [0.717, 1.165) is 7.05 Å². The van der Waals surface area contributed by atoms with Gasteiger partial charge in [-0.25, -0.2) is 0 Å². The number of ether oxygens (including phenoxy) is 1. The molecular weight excluding hydrogens is 250 g/mol. The van der Waals surface area contributed by atoms with Crippen LogP contribution in [0.2, 0.25) is 0 Å². The van der Waals surface area contributed by atoms with Gasteiger partial charge in [0.1, 0.15) is 0 Å². The molecule has 1 aliphatic rings. The van der Waals surface area contributed by atoms with Crippen LogP contribution in [-0.4, -0.2) is 37.5 Å². The third-order valence-corrected chi connectivity index (χ3v) is 2.89. The van der Waals surface area contributed by atoms with E-state index in [9.17, 15) is 4.79 Å². The van der Waals surface area contributed by atoms with Crippen LogP contribution < -0.4 is 0 Å². The molecule has 20 heavy (non-hydrogen) atoms. The SMILES string of the molecule is [2H]C([2H])([2H])C([2H])([2H])OC(=O)CC1(Cc2ccccc2)C([2H])([2H])C([2H])([2H])N(C)C([2H])([2H])C1([2H])[2H]. The van der Waals surface area contributed by atoms with Gasteiger partial charge in [-0.2, -0.15) is 0 Å². The van der Waals surface area contributed by atoms with Crippen molar-refractivity contribution in [3.63, 3.8) is 0 Å². The van der Waals surface area contributed by atoms with Crippen molar-refractivity contribution in [3.8, 4) is 0 Å². The zero-order valence-corrected chi connectivity index (χ0v) is 11.1. The van der Waals surface area contributed by atoms with Crippen molar-refractivity contribution in [1.82, 2.24) is 4.90 Å². The summed E-state index contributed by atoms with van der Waals surface area (Å²) in [5, 5.41) is 0. The Labute approximate surface area is 140 Å². The van der Waals surface area contributed by atoms with Crippen LogP contribution >= 0.6 is 0 Å². The van der Waals surface area contributed by atoms with Crippen LogP contribution in [0.3, 0.4) is 0 Å². The number of rotatable bonds is 5. The number of carbonyl (C=O) groups is 1. The Kier molecular flexibility index (Phi) is 1.88. The summed E-state index contributed by atoms with van der Waals surface area (Å²) < 4.78 is 109. The molecule has 2 rings (SSSR count). The minimum atomic E-state index is -3.49. The Morgan fingerprint density at radius 1 is 1.45 bits per heavy atom. The zero-order valence-electron chi connectivity index (χ0n) is 24.1. The average molecular weight is 288 g/mol. The van der Waals surface area contributed by atoms with E-state index >= 15 is 0 Å². The van der Waals surface area contributed by atoms with Crippen LogP contribution in [0, 0.1) is 5.41 Å². The summed E-state index contributed by atoms with van der Waals surface area (Å²) in [4.78, 5) is 13.0. The third kappa shape index (κ3) is 4.07. The number of likely N-dealkylation sites (tertiary alicyclic amines) is 1. The number of hydrogen-bond donors (Lipinski definition) is 0. The second-order valence-electron chi connectivity index (χ2n) is 4.53. The molecule has 0 aromatic heterocycles. The van der Waals surface area contributed by atoms with Gasteiger partial charge < -0.3 is 9.64 Å². The topological polar surface area (TPSA) is 29.5 Å². The molecule has 3 nitrogen and oxygen atoms in total. The molecule has 0 N–H and O–H groups in total. The first-order valence-corrected chi connectivity index (χ1v) is 6.08. The standard InChI is InChI=1S/C17H25NO2/c1-3-20-16(19)14-17(9-11-18(2)12-10-17)13-15-7-5-4-6-8-15/h4-8H,3,9-14H2,1-2H3/i1D3,3D2,9D2,10D2,11D2,12D2. The van der Waals surface area contributed by atoms with E-state index < -0.39 is 63.4 Å². The highest BCUT2D eigenvalue weighted by atomic mass is 16.5. The Bertz CT molecular complexity index is 855. The van der Waals surface area contributed by atoms with Crippen LogP contribution in [0.15, 0.2) is 30.3 Å². The number of carbonyl (C=O) groups excluding carboxylic acids is 1. The van der Waals surface area contributed by atoms with Gasteiger partial charge in [0, 0.05) is 15.1 Å². The largest absolute Gasteiger partial charge is 0.466 e. The van der Waals surface area contributed by atoms with Crippen LogP contribution in [0.4, 0.5) is 0 Å². The lowest BCUT2D eigenvalue weighted by Gasteiger charge is -2.40. The average Bonchev–Trinajstić information content (AvgIpc) is 2.64. The molecule has 110 valence electrons. The van der Waals surface area contributed by atoms with Gasteiger partial charge in [0.2, 0.25) is 0 Å². The maximum Gasteiger partial charge on any atom is 0.306 e. The van der Waals surface area contributed by atoms with Crippen molar-refractivity contribution < 1.29 is 27.4 Å². The number of piperidine rings is 1. The molecule has 0 saturated carbocycles. The monoisotopic (exact) mass is 288 g/mol. The lowest BCUT2D eigenvalue weighted by molar-refractivity contribution is -0.146. The summed E-state index contributed by atoms with van der Waals surface area (Å²) in [7, 11) is 0.883. The molecule has 0 amide bonds. The molecule has 0 unspecified atom stereocenters. The summed E-state index contributed by atoms with van der Waals surface area (Å²) in [6, 6.07) is 7.62. The van der Waals surface area contributed by atoms with Crippen LogP contribution in [0.25, 0.3) is 0 Å². The molecule has 1 saturated heterocycles. The fourth-order valence-corrected chi connectivity index (χ4v) is 1.96. The van der Waals surface area contributed by atoms with E-state index in [1.807, 2.05) is 0 Å².